The summed E-state index contributed by atoms with van der Waals surface area (Å²) in [6.45, 7) is 10.1. The highest BCUT2D eigenvalue weighted by Crippen LogP contribution is 2.46. The number of hydrogen-bond acceptors (Lipinski definition) is 5. The van der Waals surface area contributed by atoms with Crippen LogP contribution in [0.3, 0.4) is 0 Å². The van der Waals surface area contributed by atoms with Crippen LogP contribution in [0.1, 0.15) is 31.0 Å². The van der Waals surface area contributed by atoms with Gasteiger partial charge in [0.1, 0.15) is 11.5 Å². The average Bonchev–Trinajstić information content (AvgIpc) is 2.56. The standard InChI is InChI=1S/C18H30N2O3/c1-13-10-14(22-4)16(15(11-13)23-5)17(18(2,3)12-21)20-8-6-19-7-9-20/h10-11,17,19,21H,6-9,12H2,1-5H3/t17-/m0/s1. The van der Waals surface area contributed by atoms with Crippen molar-refractivity contribution in [3.8, 4) is 11.5 Å². The van der Waals surface area contributed by atoms with E-state index in [1.54, 1.807) is 14.2 Å². The Hall–Kier alpha value is -1.30. The molecule has 5 heteroatoms. The van der Waals surface area contributed by atoms with Crippen LogP contribution in [0.25, 0.3) is 0 Å². The zero-order valence-corrected chi connectivity index (χ0v) is 15.0. The van der Waals surface area contributed by atoms with Crippen molar-refractivity contribution in [3.63, 3.8) is 0 Å². The van der Waals surface area contributed by atoms with Gasteiger partial charge in [0.05, 0.1) is 19.8 Å². The topological polar surface area (TPSA) is 54.0 Å². The third kappa shape index (κ3) is 3.79. The molecule has 5 nitrogen and oxygen atoms in total. The summed E-state index contributed by atoms with van der Waals surface area (Å²) < 4.78 is 11.4. The van der Waals surface area contributed by atoms with Gasteiger partial charge < -0.3 is 19.9 Å². The Balaban J connectivity index is 2.58. The fraction of sp³-hybridized carbons (Fsp3) is 0.667. The number of nitrogens with zero attached hydrogens (tertiary/aromatic N) is 1. The van der Waals surface area contributed by atoms with Crippen molar-refractivity contribution in [1.82, 2.24) is 10.2 Å². The van der Waals surface area contributed by atoms with Gasteiger partial charge in [0.15, 0.2) is 0 Å². The molecule has 0 bridgehead atoms. The molecule has 0 aromatic heterocycles. The summed E-state index contributed by atoms with van der Waals surface area (Å²) in [7, 11) is 3.39. The lowest BCUT2D eigenvalue weighted by molar-refractivity contribution is 0.0279. The van der Waals surface area contributed by atoms with E-state index in [1.807, 2.05) is 19.1 Å². The van der Waals surface area contributed by atoms with E-state index in [-0.39, 0.29) is 18.1 Å². The van der Waals surface area contributed by atoms with Crippen LogP contribution in [0, 0.1) is 12.3 Å². The number of hydrogen-bond donors (Lipinski definition) is 2. The van der Waals surface area contributed by atoms with Gasteiger partial charge in [-0.05, 0) is 24.6 Å². The van der Waals surface area contributed by atoms with E-state index in [1.165, 1.54) is 0 Å². The maximum atomic E-state index is 10.0. The van der Waals surface area contributed by atoms with E-state index in [4.69, 9.17) is 9.47 Å². The third-order valence-electron chi connectivity index (χ3n) is 4.63. The number of aliphatic hydroxyl groups is 1. The van der Waals surface area contributed by atoms with Crippen LogP contribution in [0.15, 0.2) is 12.1 Å². The molecular formula is C18H30N2O3. The van der Waals surface area contributed by atoms with E-state index in [2.05, 4.69) is 24.1 Å². The van der Waals surface area contributed by atoms with E-state index in [0.717, 1.165) is 48.8 Å². The summed E-state index contributed by atoms with van der Waals surface area (Å²) in [6.07, 6.45) is 0. The number of aryl methyl sites for hydroxylation is 1. The lowest BCUT2D eigenvalue weighted by atomic mass is 9.78. The smallest absolute Gasteiger partial charge is 0.127 e. The molecule has 1 aromatic carbocycles. The number of methoxy groups -OCH3 is 2. The second kappa shape index (κ2) is 7.51. The van der Waals surface area contributed by atoms with Gasteiger partial charge >= 0.3 is 0 Å². The Labute approximate surface area is 139 Å². The zero-order chi connectivity index (χ0) is 17.0. The summed E-state index contributed by atoms with van der Waals surface area (Å²) in [5.41, 5.74) is 1.82. The van der Waals surface area contributed by atoms with E-state index >= 15 is 0 Å². The molecule has 0 aliphatic carbocycles. The zero-order valence-electron chi connectivity index (χ0n) is 15.0. The van der Waals surface area contributed by atoms with Crippen LogP contribution < -0.4 is 14.8 Å². The Morgan fingerprint density at radius 2 is 1.70 bits per heavy atom. The Morgan fingerprint density at radius 1 is 1.17 bits per heavy atom. The molecule has 130 valence electrons. The molecule has 2 N–H and O–H groups in total. The second-order valence-corrected chi connectivity index (χ2v) is 6.92. The van der Waals surface area contributed by atoms with Crippen molar-refractivity contribution in [2.75, 3.05) is 47.0 Å². The molecule has 0 unspecified atom stereocenters. The van der Waals surface area contributed by atoms with Crippen molar-refractivity contribution in [2.45, 2.75) is 26.8 Å². The number of benzene rings is 1. The lowest BCUT2D eigenvalue weighted by Gasteiger charge is -2.44. The predicted molar refractivity (Wildman–Crippen MR) is 92.3 cm³/mol. The number of rotatable bonds is 6. The minimum absolute atomic E-state index is 0.0279. The molecule has 23 heavy (non-hydrogen) atoms. The predicted octanol–water partition coefficient (Wildman–Crippen LogP) is 1.98. The van der Waals surface area contributed by atoms with Crippen molar-refractivity contribution >= 4 is 0 Å². The molecule has 1 atom stereocenters. The fourth-order valence-electron chi connectivity index (χ4n) is 3.43. The first-order valence-electron chi connectivity index (χ1n) is 8.22. The quantitative estimate of drug-likeness (QED) is 0.839. The molecule has 0 saturated carbocycles. The maximum Gasteiger partial charge on any atom is 0.127 e. The van der Waals surface area contributed by atoms with Crippen molar-refractivity contribution in [1.29, 1.82) is 0 Å². The monoisotopic (exact) mass is 322 g/mol. The van der Waals surface area contributed by atoms with Gasteiger partial charge in [0.25, 0.3) is 0 Å². The maximum absolute atomic E-state index is 10.0. The highest BCUT2D eigenvalue weighted by atomic mass is 16.5. The fourth-order valence-corrected chi connectivity index (χ4v) is 3.43. The first-order valence-corrected chi connectivity index (χ1v) is 8.22. The highest BCUT2D eigenvalue weighted by Gasteiger charge is 2.39. The minimum Gasteiger partial charge on any atom is -0.496 e. The SMILES string of the molecule is COc1cc(C)cc(OC)c1[C@H](N1CCNCC1)C(C)(C)CO. The molecule has 0 radical (unpaired) electrons. The van der Waals surface area contributed by atoms with Gasteiger partial charge in [-0.3, -0.25) is 4.90 Å². The van der Waals surface area contributed by atoms with Crippen molar-refractivity contribution in [3.05, 3.63) is 23.3 Å². The number of aliphatic hydroxyl groups excluding tert-OH is 1. The van der Waals surface area contributed by atoms with Gasteiger partial charge in [0, 0.05) is 44.2 Å². The largest absolute Gasteiger partial charge is 0.496 e. The average molecular weight is 322 g/mol. The van der Waals surface area contributed by atoms with Crippen LogP contribution >= 0.6 is 0 Å². The lowest BCUT2D eigenvalue weighted by Crippen LogP contribution is -2.49. The summed E-state index contributed by atoms with van der Waals surface area (Å²) in [5, 5.41) is 13.4. The summed E-state index contributed by atoms with van der Waals surface area (Å²) in [4.78, 5) is 2.42. The van der Waals surface area contributed by atoms with Crippen LogP contribution in [0.2, 0.25) is 0 Å². The minimum atomic E-state index is -0.312. The number of piperazine rings is 1. The molecule has 2 rings (SSSR count). The van der Waals surface area contributed by atoms with Crippen molar-refractivity contribution in [2.24, 2.45) is 5.41 Å². The first kappa shape index (κ1) is 18.0. The van der Waals surface area contributed by atoms with Gasteiger partial charge in [-0.1, -0.05) is 13.8 Å². The normalized spacial score (nSPS) is 17.8. The Bertz CT molecular complexity index is 500. The summed E-state index contributed by atoms with van der Waals surface area (Å²) >= 11 is 0. The molecule has 1 aliphatic rings. The Morgan fingerprint density at radius 3 is 2.13 bits per heavy atom. The van der Waals surface area contributed by atoms with Gasteiger partial charge in [-0.15, -0.1) is 0 Å². The van der Waals surface area contributed by atoms with Crippen LogP contribution in [0.5, 0.6) is 11.5 Å². The number of nitrogens with one attached hydrogen (secondary N) is 1. The highest BCUT2D eigenvalue weighted by molar-refractivity contribution is 5.50. The van der Waals surface area contributed by atoms with Crippen LogP contribution in [-0.2, 0) is 0 Å². The number of ether oxygens (including phenoxy) is 2. The molecule has 0 amide bonds. The van der Waals surface area contributed by atoms with E-state index < -0.39 is 0 Å². The molecule has 1 aromatic rings. The summed E-state index contributed by atoms with van der Waals surface area (Å²) in [5.74, 6) is 1.65. The molecule has 0 spiro atoms. The molecule has 1 heterocycles. The van der Waals surface area contributed by atoms with E-state index in [9.17, 15) is 5.11 Å². The molecular weight excluding hydrogens is 292 g/mol. The Kier molecular flexibility index (Phi) is 5.89. The van der Waals surface area contributed by atoms with Crippen LogP contribution in [-0.4, -0.2) is 57.0 Å². The van der Waals surface area contributed by atoms with Crippen LogP contribution in [0.4, 0.5) is 0 Å². The molecule has 1 saturated heterocycles. The molecule has 1 fully saturated rings. The summed E-state index contributed by atoms with van der Waals surface area (Å²) in [6, 6.07) is 4.11. The molecule has 1 aliphatic heterocycles. The van der Waals surface area contributed by atoms with Gasteiger partial charge in [-0.2, -0.15) is 0 Å². The van der Waals surface area contributed by atoms with Gasteiger partial charge in [-0.25, -0.2) is 0 Å². The second-order valence-electron chi connectivity index (χ2n) is 6.92. The van der Waals surface area contributed by atoms with E-state index in [0.29, 0.717) is 0 Å². The third-order valence-corrected chi connectivity index (χ3v) is 4.63. The van der Waals surface area contributed by atoms with Crippen molar-refractivity contribution < 1.29 is 14.6 Å². The van der Waals surface area contributed by atoms with Gasteiger partial charge in [0.2, 0.25) is 0 Å². The first-order chi connectivity index (χ1) is 10.9.